The molecule has 0 aliphatic carbocycles. The Labute approximate surface area is 179 Å². The molecule has 1 amide bonds. The molecule has 3 aromatic carbocycles. The van der Waals surface area contributed by atoms with E-state index in [1.165, 1.54) is 24.3 Å². The van der Waals surface area contributed by atoms with Gasteiger partial charge in [0.05, 0.1) is 31.4 Å². The van der Waals surface area contributed by atoms with Crippen molar-refractivity contribution in [3.05, 3.63) is 91.0 Å². The number of rotatable bonds is 4. The third-order valence-corrected chi connectivity index (χ3v) is 5.41. The van der Waals surface area contributed by atoms with Crippen molar-refractivity contribution >= 4 is 62.3 Å². The summed E-state index contributed by atoms with van der Waals surface area (Å²) in [5, 5.41) is 15.1. The number of nitrogens with zero attached hydrogens (tertiary/aromatic N) is 2. The topological polar surface area (TPSA) is 94.2 Å². The van der Waals surface area contributed by atoms with Crippen molar-refractivity contribution in [1.82, 2.24) is 4.57 Å². The molecule has 7 nitrogen and oxygen atoms in total. The third kappa shape index (κ3) is 3.60. The molecule has 0 aliphatic rings. The summed E-state index contributed by atoms with van der Waals surface area (Å²) in [6.07, 6.45) is 0. The van der Waals surface area contributed by atoms with Crippen LogP contribution >= 0.6 is 23.2 Å². The number of amides is 1. The number of anilines is 1. The van der Waals surface area contributed by atoms with Crippen LogP contribution in [0.5, 0.6) is 0 Å². The molecule has 0 bridgehead atoms. The quantitative estimate of drug-likeness (QED) is 0.273. The number of benzene rings is 3. The first-order chi connectivity index (χ1) is 14.3. The van der Waals surface area contributed by atoms with Crippen molar-refractivity contribution in [2.24, 2.45) is 0 Å². The van der Waals surface area contributed by atoms with Crippen LogP contribution in [0.1, 0.15) is 0 Å². The standard InChI is InChI=1S/C21H13Cl2N3O4/c22-16-7-5-12(9-17(16)23)24-20(27)11-25-18-4-2-1-3-14(18)21(28)15-10-13(26(29)30)6-8-19(15)25/h1-10H,11H2,(H,24,27). The van der Waals surface area contributed by atoms with E-state index in [-0.39, 0.29) is 29.0 Å². The highest BCUT2D eigenvalue weighted by molar-refractivity contribution is 6.42. The summed E-state index contributed by atoms with van der Waals surface area (Å²) in [7, 11) is 0. The summed E-state index contributed by atoms with van der Waals surface area (Å²) in [5.74, 6) is -0.359. The fraction of sp³-hybridized carbons (Fsp3) is 0.0476. The van der Waals surface area contributed by atoms with Crippen LogP contribution in [0.3, 0.4) is 0 Å². The van der Waals surface area contributed by atoms with E-state index in [1.54, 1.807) is 41.0 Å². The van der Waals surface area contributed by atoms with Crippen molar-refractivity contribution in [3.63, 3.8) is 0 Å². The lowest BCUT2D eigenvalue weighted by Crippen LogP contribution is -2.21. The van der Waals surface area contributed by atoms with Gasteiger partial charge in [-0.2, -0.15) is 0 Å². The summed E-state index contributed by atoms with van der Waals surface area (Å²) >= 11 is 11.9. The first-order valence-electron chi connectivity index (χ1n) is 8.80. The third-order valence-electron chi connectivity index (χ3n) is 4.67. The molecule has 30 heavy (non-hydrogen) atoms. The Bertz CT molecular complexity index is 1400. The van der Waals surface area contributed by atoms with E-state index in [0.29, 0.717) is 32.2 Å². The van der Waals surface area contributed by atoms with E-state index >= 15 is 0 Å². The molecular weight excluding hydrogens is 429 g/mol. The van der Waals surface area contributed by atoms with Gasteiger partial charge in [-0.25, -0.2) is 0 Å². The zero-order chi connectivity index (χ0) is 21.4. The van der Waals surface area contributed by atoms with Crippen LogP contribution in [-0.4, -0.2) is 15.4 Å². The highest BCUT2D eigenvalue weighted by Gasteiger charge is 2.16. The number of aromatic nitrogens is 1. The number of pyridine rings is 1. The zero-order valence-electron chi connectivity index (χ0n) is 15.3. The van der Waals surface area contributed by atoms with Gasteiger partial charge in [0.15, 0.2) is 5.43 Å². The minimum Gasteiger partial charge on any atom is -0.331 e. The van der Waals surface area contributed by atoms with Crippen LogP contribution in [0, 0.1) is 10.1 Å². The number of halogens is 2. The van der Waals surface area contributed by atoms with E-state index in [0.717, 1.165) is 0 Å². The number of carbonyl (C=O) groups excluding carboxylic acids is 1. The van der Waals surface area contributed by atoms with Crippen molar-refractivity contribution in [3.8, 4) is 0 Å². The summed E-state index contributed by atoms with van der Waals surface area (Å²) in [4.78, 5) is 36.2. The molecule has 4 aromatic rings. The second-order valence-corrected chi connectivity index (χ2v) is 7.38. The van der Waals surface area contributed by atoms with Crippen LogP contribution in [0.15, 0.2) is 65.5 Å². The van der Waals surface area contributed by atoms with Crippen LogP contribution < -0.4 is 10.7 Å². The normalized spacial score (nSPS) is 11.0. The summed E-state index contributed by atoms with van der Waals surface area (Å²) in [6.45, 7) is -0.116. The van der Waals surface area contributed by atoms with Gasteiger partial charge in [-0.15, -0.1) is 0 Å². The number of carbonyl (C=O) groups is 1. The molecule has 0 spiro atoms. The van der Waals surface area contributed by atoms with E-state index in [4.69, 9.17) is 23.2 Å². The Morgan fingerprint density at radius 2 is 1.70 bits per heavy atom. The van der Waals surface area contributed by atoms with Crippen molar-refractivity contribution in [2.45, 2.75) is 6.54 Å². The fourth-order valence-corrected chi connectivity index (χ4v) is 3.62. The van der Waals surface area contributed by atoms with E-state index in [9.17, 15) is 19.7 Å². The molecule has 1 heterocycles. The van der Waals surface area contributed by atoms with Gasteiger partial charge >= 0.3 is 0 Å². The second kappa shape index (κ2) is 7.78. The summed E-state index contributed by atoms with van der Waals surface area (Å²) in [5.41, 5.74) is 0.925. The van der Waals surface area contributed by atoms with E-state index in [1.807, 2.05) is 0 Å². The van der Waals surface area contributed by atoms with Gasteiger partial charge in [-0.1, -0.05) is 35.3 Å². The molecule has 0 saturated heterocycles. The highest BCUT2D eigenvalue weighted by Crippen LogP contribution is 2.26. The molecule has 0 fully saturated rings. The van der Waals surface area contributed by atoms with Gasteiger partial charge in [-0.05, 0) is 36.4 Å². The van der Waals surface area contributed by atoms with Gasteiger partial charge < -0.3 is 9.88 Å². The van der Waals surface area contributed by atoms with Gasteiger partial charge in [0.2, 0.25) is 5.91 Å². The zero-order valence-corrected chi connectivity index (χ0v) is 16.8. The highest BCUT2D eigenvalue weighted by atomic mass is 35.5. The Morgan fingerprint density at radius 1 is 0.967 bits per heavy atom. The molecule has 4 rings (SSSR count). The Hall–Kier alpha value is -3.42. The lowest BCUT2D eigenvalue weighted by atomic mass is 10.1. The molecule has 1 aromatic heterocycles. The van der Waals surface area contributed by atoms with Gasteiger partial charge in [0.25, 0.3) is 5.69 Å². The lowest BCUT2D eigenvalue weighted by Gasteiger charge is -2.15. The van der Waals surface area contributed by atoms with E-state index < -0.39 is 4.92 Å². The van der Waals surface area contributed by atoms with Crippen molar-refractivity contribution in [2.75, 3.05) is 5.32 Å². The van der Waals surface area contributed by atoms with Gasteiger partial charge in [-0.3, -0.25) is 19.7 Å². The number of para-hydroxylation sites is 1. The maximum atomic E-state index is 12.9. The van der Waals surface area contributed by atoms with Crippen molar-refractivity contribution < 1.29 is 9.72 Å². The number of nitrogens with one attached hydrogen (secondary N) is 1. The first kappa shape index (κ1) is 19.9. The minimum atomic E-state index is -0.560. The smallest absolute Gasteiger partial charge is 0.270 e. The number of fused-ring (bicyclic) bond motifs is 2. The number of non-ortho nitro benzene ring substituents is 1. The Morgan fingerprint density at radius 3 is 2.43 bits per heavy atom. The summed E-state index contributed by atoms with van der Waals surface area (Å²) < 4.78 is 1.66. The molecular formula is C21H13Cl2N3O4. The van der Waals surface area contributed by atoms with Crippen molar-refractivity contribution in [1.29, 1.82) is 0 Å². The number of nitro groups is 1. The maximum Gasteiger partial charge on any atom is 0.270 e. The van der Waals surface area contributed by atoms with Crippen LogP contribution in [0.25, 0.3) is 21.8 Å². The average Bonchev–Trinajstić information content (AvgIpc) is 2.73. The first-order valence-corrected chi connectivity index (χ1v) is 9.55. The fourth-order valence-electron chi connectivity index (χ4n) is 3.32. The number of nitro benzene ring substituents is 1. The lowest BCUT2D eigenvalue weighted by molar-refractivity contribution is -0.384. The molecule has 1 N–H and O–H groups in total. The summed E-state index contributed by atoms with van der Waals surface area (Å²) in [6, 6.07) is 15.6. The predicted octanol–water partition coefficient (Wildman–Crippen LogP) is 5.01. The molecule has 0 saturated carbocycles. The average molecular weight is 442 g/mol. The molecule has 0 aliphatic heterocycles. The number of hydrogen-bond acceptors (Lipinski definition) is 4. The van der Waals surface area contributed by atoms with Gasteiger partial charge in [0.1, 0.15) is 6.54 Å². The van der Waals surface area contributed by atoms with Crippen LogP contribution in [-0.2, 0) is 11.3 Å². The largest absolute Gasteiger partial charge is 0.331 e. The monoisotopic (exact) mass is 441 g/mol. The van der Waals surface area contributed by atoms with E-state index in [2.05, 4.69) is 5.32 Å². The molecule has 150 valence electrons. The predicted molar refractivity (Wildman–Crippen MR) is 117 cm³/mol. The Balaban J connectivity index is 1.82. The van der Waals surface area contributed by atoms with Crippen LogP contribution in [0.2, 0.25) is 10.0 Å². The van der Waals surface area contributed by atoms with Crippen LogP contribution in [0.4, 0.5) is 11.4 Å². The SMILES string of the molecule is O=C(Cn1c2ccccc2c(=O)c2cc([N+](=O)[O-])ccc21)Nc1ccc(Cl)c(Cl)c1. The minimum absolute atomic E-state index is 0.116. The molecule has 0 unspecified atom stereocenters. The second-order valence-electron chi connectivity index (χ2n) is 6.57. The molecule has 0 atom stereocenters. The maximum absolute atomic E-state index is 12.9. The number of hydrogen-bond donors (Lipinski definition) is 1. The Kier molecular flexibility index (Phi) is 5.15. The molecule has 0 radical (unpaired) electrons. The molecule has 9 heteroatoms. The van der Waals surface area contributed by atoms with Gasteiger partial charge in [0, 0.05) is 23.2 Å².